The van der Waals surface area contributed by atoms with Crippen LogP contribution >= 0.6 is 0 Å². The molecule has 1 atom stereocenters. The fraction of sp³-hybridized carbons (Fsp3) is 0.857. The summed E-state index contributed by atoms with van der Waals surface area (Å²) in [6.07, 6.45) is 3.69. The SMILES string of the molecule is CC(C)(C)C(N)CC(=O)NCCCC(=O)NC1CC1. The number of nitrogens with two attached hydrogens (primary N) is 1. The van der Waals surface area contributed by atoms with Crippen LogP contribution in [0.5, 0.6) is 0 Å². The molecule has 0 bridgehead atoms. The lowest BCUT2D eigenvalue weighted by Gasteiger charge is -2.26. The van der Waals surface area contributed by atoms with Gasteiger partial charge in [0.2, 0.25) is 11.8 Å². The van der Waals surface area contributed by atoms with Gasteiger partial charge in [0.05, 0.1) is 0 Å². The Morgan fingerprint density at radius 2 is 1.89 bits per heavy atom. The number of carbonyl (C=O) groups is 2. The van der Waals surface area contributed by atoms with Crippen molar-refractivity contribution in [3.05, 3.63) is 0 Å². The van der Waals surface area contributed by atoms with Gasteiger partial charge in [0, 0.05) is 31.5 Å². The fourth-order valence-electron chi connectivity index (χ4n) is 1.58. The lowest BCUT2D eigenvalue weighted by molar-refractivity contribution is -0.123. The van der Waals surface area contributed by atoms with E-state index >= 15 is 0 Å². The molecular weight excluding hydrogens is 242 g/mol. The molecular formula is C14H27N3O2. The molecule has 0 heterocycles. The Balaban J connectivity index is 2.04. The number of nitrogens with one attached hydrogen (secondary N) is 2. The van der Waals surface area contributed by atoms with Crippen LogP contribution < -0.4 is 16.4 Å². The Bertz CT molecular complexity index is 319. The molecule has 1 rings (SSSR count). The fourth-order valence-corrected chi connectivity index (χ4v) is 1.58. The van der Waals surface area contributed by atoms with Gasteiger partial charge in [-0.2, -0.15) is 0 Å². The Morgan fingerprint density at radius 1 is 1.26 bits per heavy atom. The third-order valence-electron chi connectivity index (χ3n) is 3.36. The second-order valence-electron chi connectivity index (χ2n) is 6.47. The maximum atomic E-state index is 11.6. The first kappa shape index (κ1) is 16.0. The van der Waals surface area contributed by atoms with E-state index in [0.29, 0.717) is 31.8 Å². The van der Waals surface area contributed by atoms with Crippen LogP contribution in [0.1, 0.15) is 52.9 Å². The molecule has 0 aromatic carbocycles. The molecule has 19 heavy (non-hydrogen) atoms. The molecule has 0 saturated heterocycles. The Hall–Kier alpha value is -1.10. The average molecular weight is 269 g/mol. The van der Waals surface area contributed by atoms with E-state index < -0.39 is 0 Å². The molecule has 1 aliphatic rings. The van der Waals surface area contributed by atoms with Crippen molar-refractivity contribution >= 4 is 11.8 Å². The third-order valence-corrected chi connectivity index (χ3v) is 3.36. The zero-order valence-electron chi connectivity index (χ0n) is 12.3. The average Bonchev–Trinajstić information content (AvgIpc) is 3.07. The van der Waals surface area contributed by atoms with Gasteiger partial charge in [0.1, 0.15) is 0 Å². The number of amides is 2. The van der Waals surface area contributed by atoms with Gasteiger partial charge in [-0.3, -0.25) is 9.59 Å². The van der Waals surface area contributed by atoms with Crippen LogP contribution in [0.2, 0.25) is 0 Å². The number of carbonyl (C=O) groups excluding carboxylic acids is 2. The van der Waals surface area contributed by atoms with Crippen LogP contribution in [0, 0.1) is 5.41 Å². The normalized spacial score (nSPS) is 16.8. The molecule has 110 valence electrons. The molecule has 1 fully saturated rings. The zero-order chi connectivity index (χ0) is 14.5. The van der Waals surface area contributed by atoms with Crippen LogP contribution in [0.15, 0.2) is 0 Å². The van der Waals surface area contributed by atoms with E-state index in [1.807, 2.05) is 20.8 Å². The first-order chi connectivity index (χ1) is 8.79. The number of rotatable bonds is 7. The van der Waals surface area contributed by atoms with Crippen molar-refractivity contribution in [2.75, 3.05) is 6.54 Å². The lowest BCUT2D eigenvalue weighted by atomic mass is 9.85. The Labute approximate surface area is 115 Å². The smallest absolute Gasteiger partial charge is 0.221 e. The molecule has 5 heteroatoms. The second-order valence-corrected chi connectivity index (χ2v) is 6.47. The van der Waals surface area contributed by atoms with E-state index in [9.17, 15) is 9.59 Å². The van der Waals surface area contributed by atoms with Crippen LogP contribution in [0.25, 0.3) is 0 Å². The first-order valence-corrected chi connectivity index (χ1v) is 7.10. The predicted molar refractivity (Wildman–Crippen MR) is 75.5 cm³/mol. The predicted octanol–water partition coefficient (Wildman–Crippen LogP) is 0.925. The molecule has 5 nitrogen and oxygen atoms in total. The maximum Gasteiger partial charge on any atom is 0.221 e. The van der Waals surface area contributed by atoms with E-state index in [1.54, 1.807) is 0 Å². The van der Waals surface area contributed by atoms with Gasteiger partial charge in [-0.25, -0.2) is 0 Å². The molecule has 0 aliphatic heterocycles. The Morgan fingerprint density at radius 3 is 2.42 bits per heavy atom. The van der Waals surface area contributed by atoms with Gasteiger partial charge >= 0.3 is 0 Å². The minimum atomic E-state index is -0.148. The molecule has 2 amide bonds. The topological polar surface area (TPSA) is 84.2 Å². The van der Waals surface area contributed by atoms with Gasteiger partial charge in [-0.1, -0.05) is 20.8 Å². The van der Waals surface area contributed by atoms with E-state index in [-0.39, 0.29) is 23.3 Å². The van der Waals surface area contributed by atoms with Crippen molar-refractivity contribution in [2.24, 2.45) is 11.1 Å². The molecule has 1 saturated carbocycles. The molecule has 0 spiro atoms. The van der Waals surface area contributed by atoms with Crippen molar-refractivity contribution in [1.29, 1.82) is 0 Å². The number of hydrogen-bond donors (Lipinski definition) is 3. The van der Waals surface area contributed by atoms with Crippen LogP contribution in [-0.2, 0) is 9.59 Å². The van der Waals surface area contributed by atoms with E-state index in [0.717, 1.165) is 12.8 Å². The van der Waals surface area contributed by atoms with Gasteiger partial charge in [-0.05, 0) is 24.7 Å². The zero-order valence-corrected chi connectivity index (χ0v) is 12.3. The molecule has 0 aromatic rings. The summed E-state index contributed by atoms with van der Waals surface area (Å²) in [5, 5.41) is 5.73. The van der Waals surface area contributed by atoms with E-state index in [1.165, 1.54) is 0 Å². The van der Waals surface area contributed by atoms with E-state index in [2.05, 4.69) is 10.6 Å². The van der Waals surface area contributed by atoms with Crippen LogP contribution in [0.3, 0.4) is 0 Å². The van der Waals surface area contributed by atoms with Crippen molar-refractivity contribution < 1.29 is 9.59 Å². The summed E-state index contributed by atoms with van der Waals surface area (Å²) in [5.41, 5.74) is 5.87. The van der Waals surface area contributed by atoms with Crippen molar-refractivity contribution in [3.8, 4) is 0 Å². The van der Waals surface area contributed by atoms with Gasteiger partial charge in [0.15, 0.2) is 0 Å². The number of hydrogen-bond acceptors (Lipinski definition) is 3. The second kappa shape index (κ2) is 6.89. The summed E-state index contributed by atoms with van der Waals surface area (Å²) in [4.78, 5) is 23.0. The minimum absolute atomic E-state index is 0.0370. The highest BCUT2D eigenvalue weighted by atomic mass is 16.2. The summed E-state index contributed by atoms with van der Waals surface area (Å²) < 4.78 is 0. The lowest BCUT2D eigenvalue weighted by Crippen LogP contribution is -2.40. The minimum Gasteiger partial charge on any atom is -0.356 e. The first-order valence-electron chi connectivity index (χ1n) is 7.10. The highest BCUT2D eigenvalue weighted by molar-refractivity contribution is 5.77. The van der Waals surface area contributed by atoms with Gasteiger partial charge in [0.25, 0.3) is 0 Å². The summed E-state index contributed by atoms with van der Waals surface area (Å²) in [6, 6.07) is 0.262. The summed E-state index contributed by atoms with van der Waals surface area (Å²) in [5.74, 6) is 0.0492. The van der Waals surface area contributed by atoms with Crippen molar-refractivity contribution in [2.45, 2.75) is 65.0 Å². The van der Waals surface area contributed by atoms with Crippen LogP contribution in [0.4, 0.5) is 0 Å². The molecule has 0 radical (unpaired) electrons. The van der Waals surface area contributed by atoms with Gasteiger partial charge in [-0.15, -0.1) is 0 Å². The molecule has 0 aromatic heterocycles. The van der Waals surface area contributed by atoms with E-state index in [4.69, 9.17) is 5.73 Å². The van der Waals surface area contributed by atoms with Crippen LogP contribution in [-0.4, -0.2) is 30.4 Å². The highest BCUT2D eigenvalue weighted by Crippen LogP contribution is 2.19. The van der Waals surface area contributed by atoms with Crippen molar-refractivity contribution in [1.82, 2.24) is 10.6 Å². The Kier molecular flexibility index (Phi) is 5.79. The highest BCUT2D eigenvalue weighted by Gasteiger charge is 2.23. The standard InChI is InChI=1S/C14H27N3O2/c1-14(2,3)11(15)9-13(19)16-8-4-5-12(18)17-10-6-7-10/h10-11H,4-9,15H2,1-3H3,(H,16,19)(H,17,18). The quantitative estimate of drug-likeness (QED) is 0.601. The van der Waals surface area contributed by atoms with Crippen molar-refractivity contribution in [3.63, 3.8) is 0 Å². The molecule has 1 unspecified atom stereocenters. The maximum absolute atomic E-state index is 11.6. The summed E-state index contributed by atoms with van der Waals surface area (Å²) >= 11 is 0. The third kappa shape index (κ3) is 7.15. The molecule has 4 N–H and O–H groups in total. The molecule has 1 aliphatic carbocycles. The monoisotopic (exact) mass is 269 g/mol. The summed E-state index contributed by atoms with van der Waals surface area (Å²) in [6.45, 7) is 6.60. The summed E-state index contributed by atoms with van der Waals surface area (Å²) in [7, 11) is 0. The van der Waals surface area contributed by atoms with Gasteiger partial charge < -0.3 is 16.4 Å². The largest absolute Gasteiger partial charge is 0.356 e.